The van der Waals surface area contributed by atoms with Gasteiger partial charge in [-0.1, -0.05) is 6.07 Å². The predicted octanol–water partition coefficient (Wildman–Crippen LogP) is 0.531. The molecular formula is C12H16N2O3. The van der Waals surface area contributed by atoms with Gasteiger partial charge < -0.3 is 15.0 Å². The van der Waals surface area contributed by atoms with Crippen LogP contribution in [0.15, 0.2) is 23.0 Å². The lowest BCUT2D eigenvalue weighted by molar-refractivity contribution is 0.0535. The molecule has 92 valence electrons. The van der Waals surface area contributed by atoms with Gasteiger partial charge in [-0.2, -0.15) is 0 Å². The Morgan fingerprint density at radius 3 is 3.12 bits per heavy atom. The first-order valence-electron chi connectivity index (χ1n) is 5.81. The normalized spacial score (nSPS) is 19.9. The number of nitrogens with one attached hydrogen (secondary N) is 2. The zero-order valence-corrected chi connectivity index (χ0v) is 9.57. The molecule has 0 radical (unpaired) electrons. The summed E-state index contributed by atoms with van der Waals surface area (Å²) in [5.41, 5.74) is 0.0351. The van der Waals surface area contributed by atoms with Gasteiger partial charge in [-0.05, 0) is 24.8 Å². The summed E-state index contributed by atoms with van der Waals surface area (Å²) in [6, 6.07) is 4.54. The van der Waals surface area contributed by atoms with Gasteiger partial charge in [0.15, 0.2) is 0 Å². The van der Waals surface area contributed by atoms with Gasteiger partial charge in [-0.25, -0.2) is 0 Å². The molecule has 1 aromatic rings. The Morgan fingerprint density at radius 1 is 1.53 bits per heavy atom. The average molecular weight is 236 g/mol. The highest BCUT2D eigenvalue weighted by atomic mass is 16.5. The number of aromatic amines is 1. The minimum Gasteiger partial charge on any atom is -0.381 e. The molecule has 1 fully saturated rings. The molecule has 1 saturated heterocycles. The van der Waals surface area contributed by atoms with Gasteiger partial charge in [0.1, 0.15) is 5.69 Å². The van der Waals surface area contributed by atoms with Crippen LogP contribution in [0.2, 0.25) is 0 Å². The van der Waals surface area contributed by atoms with Crippen LogP contribution < -0.4 is 10.9 Å². The largest absolute Gasteiger partial charge is 0.381 e. The van der Waals surface area contributed by atoms with Crippen LogP contribution in [-0.2, 0) is 4.74 Å². The summed E-state index contributed by atoms with van der Waals surface area (Å²) >= 11 is 0. The maximum Gasteiger partial charge on any atom is 0.267 e. The van der Waals surface area contributed by atoms with E-state index in [-0.39, 0.29) is 11.5 Å². The first kappa shape index (κ1) is 11.9. The Balaban J connectivity index is 1.86. The van der Waals surface area contributed by atoms with Gasteiger partial charge in [0.2, 0.25) is 5.56 Å². The third-order valence-corrected chi connectivity index (χ3v) is 2.82. The second kappa shape index (κ2) is 5.63. The molecule has 1 aliphatic rings. The quantitative estimate of drug-likeness (QED) is 0.804. The third kappa shape index (κ3) is 3.42. The second-order valence-corrected chi connectivity index (χ2v) is 4.22. The molecule has 1 aromatic heterocycles. The van der Waals surface area contributed by atoms with Crippen molar-refractivity contribution in [1.29, 1.82) is 0 Å². The van der Waals surface area contributed by atoms with Crippen molar-refractivity contribution in [3.63, 3.8) is 0 Å². The van der Waals surface area contributed by atoms with Crippen molar-refractivity contribution < 1.29 is 9.53 Å². The Morgan fingerprint density at radius 2 is 2.41 bits per heavy atom. The Bertz CT molecular complexity index is 435. The van der Waals surface area contributed by atoms with Crippen LogP contribution in [0, 0.1) is 5.92 Å². The number of carbonyl (C=O) groups excluding carboxylic acids is 1. The van der Waals surface area contributed by atoms with Crippen LogP contribution in [0.4, 0.5) is 0 Å². The number of rotatable bonds is 3. The van der Waals surface area contributed by atoms with E-state index < -0.39 is 0 Å². The lowest BCUT2D eigenvalue weighted by Crippen LogP contribution is -2.34. The van der Waals surface area contributed by atoms with Crippen molar-refractivity contribution in [3.8, 4) is 0 Å². The van der Waals surface area contributed by atoms with E-state index in [1.165, 1.54) is 6.07 Å². The van der Waals surface area contributed by atoms with Gasteiger partial charge >= 0.3 is 0 Å². The van der Waals surface area contributed by atoms with Crippen LogP contribution in [0.25, 0.3) is 0 Å². The molecular weight excluding hydrogens is 220 g/mol. The molecule has 0 aromatic carbocycles. The molecule has 2 rings (SSSR count). The Kier molecular flexibility index (Phi) is 3.93. The number of aromatic nitrogens is 1. The maximum absolute atomic E-state index is 11.7. The van der Waals surface area contributed by atoms with E-state index in [2.05, 4.69) is 10.3 Å². The van der Waals surface area contributed by atoms with Crippen molar-refractivity contribution >= 4 is 5.91 Å². The van der Waals surface area contributed by atoms with Crippen molar-refractivity contribution in [2.45, 2.75) is 12.8 Å². The topological polar surface area (TPSA) is 71.2 Å². The van der Waals surface area contributed by atoms with Gasteiger partial charge in [0.05, 0.1) is 6.61 Å². The molecule has 5 heteroatoms. The van der Waals surface area contributed by atoms with E-state index in [4.69, 9.17) is 4.74 Å². The van der Waals surface area contributed by atoms with Crippen LogP contribution in [0.1, 0.15) is 23.3 Å². The van der Waals surface area contributed by atoms with Gasteiger partial charge in [0, 0.05) is 19.2 Å². The predicted molar refractivity (Wildman–Crippen MR) is 62.9 cm³/mol. The Labute approximate surface area is 99.2 Å². The summed E-state index contributed by atoms with van der Waals surface area (Å²) in [5.74, 6) is 0.136. The summed E-state index contributed by atoms with van der Waals surface area (Å²) in [7, 11) is 0. The number of hydrogen-bond acceptors (Lipinski definition) is 3. The molecule has 1 unspecified atom stereocenters. The Hall–Kier alpha value is -1.62. The van der Waals surface area contributed by atoms with E-state index in [0.29, 0.717) is 24.8 Å². The van der Waals surface area contributed by atoms with Gasteiger partial charge in [0.25, 0.3) is 5.91 Å². The number of pyridine rings is 1. The second-order valence-electron chi connectivity index (χ2n) is 4.22. The highest BCUT2D eigenvalue weighted by Gasteiger charge is 2.15. The summed E-state index contributed by atoms with van der Waals surface area (Å²) < 4.78 is 5.33. The standard InChI is InChI=1S/C12H16N2O3/c15-11-5-1-4-10(14-11)12(16)13-7-9-3-2-6-17-8-9/h1,4-5,9H,2-3,6-8H2,(H,13,16)(H,14,15). The molecule has 17 heavy (non-hydrogen) atoms. The molecule has 1 aliphatic heterocycles. The van der Waals surface area contributed by atoms with Crippen molar-refractivity contribution in [1.82, 2.24) is 10.3 Å². The van der Waals surface area contributed by atoms with E-state index in [9.17, 15) is 9.59 Å². The van der Waals surface area contributed by atoms with Crippen LogP contribution >= 0.6 is 0 Å². The van der Waals surface area contributed by atoms with E-state index in [0.717, 1.165) is 19.4 Å². The number of ether oxygens (including phenoxy) is 1. The van der Waals surface area contributed by atoms with Crippen molar-refractivity contribution in [3.05, 3.63) is 34.2 Å². The molecule has 2 N–H and O–H groups in total. The molecule has 0 spiro atoms. The fraction of sp³-hybridized carbons (Fsp3) is 0.500. The first-order valence-corrected chi connectivity index (χ1v) is 5.81. The summed E-state index contributed by atoms with van der Waals surface area (Å²) in [6.45, 7) is 2.11. The molecule has 1 atom stereocenters. The fourth-order valence-corrected chi connectivity index (χ4v) is 1.88. The average Bonchev–Trinajstić information content (AvgIpc) is 2.37. The number of hydrogen-bond donors (Lipinski definition) is 2. The highest BCUT2D eigenvalue weighted by molar-refractivity contribution is 5.92. The van der Waals surface area contributed by atoms with E-state index >= 15 is 0 Å². The molecule has 2 heterocycles. The van der Waals surface area contributed by atoms with Crippen LogP contribution in [0.5, 0.6) is 0 Å². The lowest BCUT2D eigenvalue weighted by atomic mass is 10.0. The lowest BCUT2D eigenvalue weighted by Gasteiger charge is -2.22. The number of amides is 1. The number of H-pyrrole nitrogens is 1. The third-order valence-electron chi connectivity index (χ3n) is 2.82. The monoisotopic (exact) mass is 236 g/mol. The first-order chi connectivity index (χ1) is 8.25. The molecule has 1 amide bonds. The van der Waals surface area contributed by atoms with Crippen molar-refractivity contribution in [2.75, 3.05) is 19.8 Å². The summed E-state index contributed by atoms with van der Waals surface area (Å²) in [6.07, 6.45) is 2.12. The van der Waals surface area contributed by atoms with Gasteiger partial charge in [-0.3, -0.25) is 9.59 Å². The summed E-state index contributed by atoms with van der Waals surface area (Å²) in [4.78, 5) is 25.3. The molecule has 0 saturated carbocycles. The smallest absolute Gasteiger partial charge is 0.267 e. The van der Waals surface area contributed by atoms with Crippen LogP contribution in [0.3, 0.4) is 0 Å². The maximum atomic E-state index is 11.7. The number of carbonyl (C=O) groups is 1. The molecule has 0 bridgehead atoms. The molecule has 5 nitrogen and oxygen atoms in total. The van der Waals surface area contributed by atoms with Crippen LogP contribution in [-0.4, -0.2) is 30.6 Å². The molecule has 0 aliphatic carbocycles. The van der Waals surface area contributed by atoms with Gasteiger partial charge in [-0.15, -0.1) is 0 Å². The van der Waals surface area contributed by atoms with E-state index in [1.54, 1.807) is 12.1 Å². The van der Waals surface area contributed by atoms with E-state index in [1.807, 2.05) is 0 Å². The SMILES string of the molecule is O=C(NCC1CCCOC1)c1cccc(=O)[nH]1. The zero-order chi connectivity index (χ0) is 12.1. The zero-order valence-electron chi connectivity index (χ0n) is 9.57. The minimum atomic E-state index is -0.265. The summed E-state index contributed by atoms with van der Waals surface area (Å²) in [5, 5.41) is 2.81. The highest BCUT2D eigenvalue weighted by Crippen LogP contribution is 2.12. The fourth-order valence-electron chi connectivity index (χ4n) is 1.88. The van der Waals surface area contributed by atoms with Crippen molar-refractivity contribution in [2.24, 2.45) is 5.92 Å². The minimum absolute atomic E-state index is 0.242.